The molecule has 0 unspecified atom stereocenters. The lowest BCUT2D eigenvalue weighted by atomic mass is 10.2. The summed E-state index contributed by atoms with van der Waals surface area (Å²) in [5.41, 5.74) is 1.60. The maximum Gasteiger partial charge on any atom is 0.251 e. The molecule has 0 atom stereocenters. The summed E-state index contributed by atoms with van der Waals surface area (Å²) in [7, 11) is 0. The molecule has 21 heavy (non-hydrogen) atoms. The lowest BCUT2D eigenvalue weighted by Gasteiger charge is -2.08. The molecule has 0 aliphatic carbocycles. The van der Waals surface area contributed by atoms with Gasteiger partial charge in [-0.2, -0.15) is 0 Å². The van der Waals surface area contributed by atoms with E-state index >= 15 is 0 Å². The van der Waals surface area contributed by atoms with E-state index in [1.165, 1.54) is 17.8 Å². The second kappa shape index (κ2) is 7.64. The van der Waals surface area contributed by atoms with Gasteiger partial charge in [0.25, 0.3) is 5.56 Å². The molecule has 0 spiro atoms. The molecule has 6 heteroatoms. The molecule has 1 N–H and O–H groups in total. The maximum atomic E-state index is 11.6. The van der Waals surface area contributed by atoms with Crippen LogP contribution in [0.2, 0.25) is 5.02 Å². The zero-order valence-electron chi connectivity index (χ0n) is 11.9. The van der Waals surface area contributed by atoms with Gasteiger partial charge in [0.05, 0.1) is 18.4 Å². The maximum absolute atomic E-state index is 11.6. The Bertz CT molecular complexity index is 641. The van der Waals surface area contributed by atoms with Crippen molar-refractivity contribution in [1.29, 1.82) is 0 Å². The van der Waals surface area contributed by atoms with E-state index in [1.54, 1.807) is 0 Å². The third-order valence-corrected chi connectivity index (χ3v) is 3.82. The van der Waals surface area contributed by atoms with Crippen LogP contribution in [0.25, 0.3) is 0 Å². The number of halogens is 1. The number of hydrogen-bond acceptors (Lipinski definition) is 4. The molecule has 0 saturated heterocycles. The highest BCUT2D eigenvalue weighted by atomic mass is 35.5. The molecule has 4 nitrogen and oxygen atoms in total. The van der Waals surface area contributed by atoms with Crippen LogP contribution in [0.1, 0.15) is 25.1 Å². The number of rotatable bonds is 6. The van der Waals surface area contributed by atoms with Crippen molar-refractivity contribution in [3.05, 3.63) is 57.0 Å². The van der Waals surface area contributed by atoms with Gasteiger partial charge < -0.3 is 9.72 Å². The predicted molar refractivity (Wildman–Crippen MR) is 85.8 cm³/mol. The van der Waals surface area contributed by atoms with Crippen LogP contribution in [0.3, 0.4) is 0 Å². The number of thioether (sulfide) groups is 1. The van der Waals surface area contributed by atoms with Gasteiger partial charge in [0.1, 0.15) is 0 Å². The van der Waals surface area contributed by atoms with Crippen molar-refractivity contribution in [2.75, 3.05) is 0 Å². The zero-order chi connectivity index (χ0) is 15.2. The molecule has 0 aliphatic heterocycles. The standard InChI is InChI=1S/C15H17ClN2O2S/c1-10(2)20-8-13-7-14(19)18-15(17-13)21-9-11-3-5-12(16)6-4-11/h3-7,10H,8-9H2,1-2H3,(H,17,18,19). The van der Waals surface area contributed by atoms with E-state index in [4.69, 9.17) is 16.3 Å². The molecule has 0 radical (unpaired) electrons. The second-order valence-electron chi connectivity index (χ2n) is 4.82. The van der Waals surface area contributed by atoms with Crippen LogP contribution in [-0.4, -0.2) is 16.1 Å². The lowest BCUT2D eigenvalue weighted by molar-refractivity contribution is 0.0631. The van der Waals surface area contributed by atoms with Crippen molar-refractivity contribution in [3.8, 4) is 0 Å². The Balaban J connectivity index is 2.02. The summed E-state index contributed by atoms with van der Waals surface area (Å²) >= 11 is 7.33. The van der Waals surface area contributed by atoms with Crippen LogP contribution >= 0.6 is 23.4 Å². The molecular weight excluding hydrogens is 308 g/mol. The summed E-state index contributed by atoms with van der Waals surface area (Å²) < 4.78 is 5.47. The first-order chi connectivity index (χ1) is 10.0. The number of nitrogens with one attached hydrogen (secondary N) is 1. The molecule has 2 aromatic rings. The monoisotopic (exact) mass is 324 g/mol. The number of benzene rings is 1. The fourth-order valence-electron chi connectivity index (χ4n) is 1.61. The van der Waals surface area contributed by atoms with Crippen LogP contribution in [-0.2, 0) is 17.1 Å². The van der Waals surface area contributed by atoms with Crippen LogP contribution in [0.15, 0.2) is 40.3 Å². The fourth-order valence-corrected chi connectivity index (χ4v) is 2.59. The van der Waals surface area contributed by atoms with Gasteiger partial charge in [-0.1, -0.05) is 35.5 Å². The third-order valence-electron chi connectivity index (χ3n) is 2.63. The highest BCUT2D eigenvalue weighted by Gasteiger charge is 2.04. The van der Waals surface area contributed by atoms with E-state index in [0.29, 0.717) is 28.2 Å². The van der Waals surface area contributed by atoms with Gasteiger partial charge in [0.15, 0.2) is 5.16 Å². The van der Waals surface area contributed by atoms with Gasteiger partial charge in [0, 0.05) is 16.8 Å². The first-order valence-electron chi connectivity index (χ1n) is 6.62. The predicted octanol–water partition coefficient (Wildman–Crippen LogP) is 3.64. The number of ether oxygens (including phenoxy) is 1. The molecule has 0 saturated carbocycles. The van der Waals surface area contributed by atoms with Gasteiger partial charge in [0.2, 0.25) is 0 Å². The number of hydrogen-bond donors (Lipinski definition) is 1. The quantitative estimate of drug-likeness (QED) is 0.651. The number of aromatic nitrogens is 2. The van der Waals surface area contributed by atoms with E-state index in [1.807, 2.05) is 38.1 Å². The smallest absolute Gasteiger partial charge is 0.251 e. The van der Waals surface area contributed by atoms with E-state index in [-0.39, 0.29) is 11.7 Å². The summed E-state index contributed by atoms with van der Waals surface area (Å²) in [6.45, 7) is 4.24. The molecule has 2 rings (SSSR count). The Hall–Kier alpha value is -1.30. The highest BCUT2D eigenvalue weighted by molar-refractivity contribution is 7.98. The van der Waals surface area contributed by atoms with E-state index < -0.39 is 0 Å². The van der Waals surface area contributed by atoms with Crippen molar-refractivity contribution in [1.82, 2.24) is 9.97 Å². The summed E-state index contributed by atoms with van der Waals surface area (Å²) in [5, 5.41) is 1.31. The van der Waals surface area contributed by atoms with Crippen LogP contribution < -0.4 is 5.56 Å². The summed E-state index contributed by atoms with van der Waals surface area (Å²) in [6.07, 6.45) is 0.108. The SMILES string of the molecule is CC(C)OCc1cc(=O)[nH]c(SCc2ccc(Cl)cc2)n1. The van der Waals surface area contributed by atoms with Crippen molar-refractivity contribution in [2.45, 2.75) is 37.5 Å². The molecule has 0 fully saturated rings. The molecule has 1 aromatic carbocycles. The first-order valence-corrected chi connectivity index (χ1v) is 7.98. The number of nitrogens with zero attached hydrogens (tertiary/aromatic N) is 1. The van der Waals surface area contributed by atoms with E-state index in [9.17, 15) is 4.79 Å². The molecule has 0 amide bonds. The molecular formula is C15H17ClN2O2S. The van der Waals surface area contributed by atoms with Gasteiger partial charge in [-0.05, 0) is 31.5 Å². The average Bonchev–Trinajstić information content (AvgIpc) is 2.44. The molecule has 0 bridgehead atoms. The van der Waals surface area contributed by atoms with Gasteiger partial charge >= 0.3 is 0 Å². The van der Waals surface area contributed by atoms with Crippen LogP contribution in [0.4, 0.5) is 0 Å². The Morgan fingerprint density at radius 1 is 1.33 bits per heavy atom. The second-order valence-corrected chi connectivity index (χ2v) is 6.22. The van der Waals surface area contributed by atoms with E-state index in [2.05, 4.69) is 9.97 Å². The molecule has 1 heterocycles. The highest BCUT2D eigenvalue weighted by Crippen LogP contribution is 2.20. The van der Waals surface area contributed by atoms with Crippen molar-refractivity contribution < 1.29 is 4.74 Å². The van der Waals surface area contributed by atoms with Gasteiger partial charge in [-0.25, -0.2) is 4.98 Å². The lowest BCUT2D eigenvalue weighted by Crippen LogP contribution is -2.12. The summed E-state index contributed by atoms with van der Waals surface area (Å²) in [5.74, 6) is 0.717. The van der Waals surface area contributed by atoms with Crippen molar-refractivity contribution in [3.63, 3.8) is 0 Å². The molecule has 112 valence electrons. The minimum atomic E-state index is -0.161. The average molecular weight is 325 g/mol. The zero-order valence-corrected chi connectivity index (χ0v) is 13.5. The van der Waals surface area contributed by atoms with Crippen molar-refractivity contribution >= 4 is 23.4 Å². The topological polar surface area (TPSA) is 55.0 Å². The largest absolute Gasteiger partial charge is 0.373 e. The van der Waals surface area contributed by atoms with Crippen LogP contribution in [0, 0.1) is 0 Å². The Kier molecular flexibility index (Phi) is 5.85. The minimum Gasteiger partial charge on any atom is -0.373 e. The summed E-state index contributed by atoms with van der Waals surface area (Å²) in [4.78, 5) is 18.8. The first kappa shape index (κ1) is 16.1. The molecule has 0 aliphatic rings. The van der Waals surface area contributed by atoms with Crippen LogP contribution in [0.5, 0.6) is 0 Å². The van der Waals surface area contributed by atoms with Gasteiger partial charge in [-0.3, -0.25) is 4.79 Å². The van der Waals surface area contributed by atoms with E-state index in [0.717, 1.165) is 5.56 Å². The Morgan fingerprint density at radius 3 is 2.71 bits per heavy atom. The Labute approximate surface area is 132 Å². The third kappa shape index (κ3) is 5.53. The van der Waals surface area contributed by atoms with Crippen molar-refractivity contribution in [2.24, 2.45) is 0 Å². The Morgan fingerprint density at radius 2 is 2.05 bits per heavy atom. The van der Waals surface area contributed by atoms with Gasteiger partial charge in [-0.15, -0.1) is 0 Å². The fraction of sp³-hybridized carbons (Fsp3) is 0.333. The molecule has 1 aromatic heterocycles. The summed E-state index contributed by atoms with van der Waals surface area (Å²) in [6, 6.07) is 9.08. The minimum absolute atomic E-state index is 0.108. The number of aromatic amines is 1. The normalized spacial score (nSPS) is 11.0. The number of H-pyrrole nitrogens is 1.